The summed E-state index contributed by atoms with van der Waals surface area (Å²) < 4.78 is 0. The first kappa shape index (κ1) is 15.3. The number of hydrogen-bond acceptors (Lipinski definition) is 3. The molecule has 1 amide bonds. The molecular weight excluding hydrogens is 282 g/mol. The molecular formula is C17H17NO2S. The standard InChI is InChI=1S/C17H17NO2S/c1-12-10-21-11-16(12)17(20)18-13(2)15-7-5-14(6-8-15)4-3-9-19/h5-8,10-11,13,19H,9H2,1-2H3,(H,18,20). The van der Waals surface area contributed by atoms with Gasteiger partial charge in [0.05, 0.1) is 11.6 Å². The van der Waals surface area contributed by atoms with Gasteiger partial charge in [-0.25, -0.2) is 0 Å². The number of carbonyl (C=O) groups excluding carboxylic acids is 1. The Balaban J connectivity index is 2.05. The van der Waals surface area contributed by atoms with E-state index in [1.54, 1.807) is 0 Å². The average molecular weight is 299 g/mol. The normalized spacial score (nSPS) is 11.4. The zero-order valence-electron chi connectivity index (χ0n) is 12.0. The third kappa shape index (κ3) is 3.94. The average Bonchev–Trinajstić information content (AvgIpc) is 2.91. The molecule has 2 N–H and O–H groups in total. The number of benzene rings is 1. The summed E-state index contributed by atoms with van der Waals surface area (Å²) in [5.41, 5.74) is 3.60. The first-order valence-corrected chi connectivity index (χ1v) is 7.59. The smallest absolute Gasteiger partial charge is 0.252 e. The Morgan fingerprint density at radius 3 is 2.62 bits per heavy atom. The molecule has 0 fully saturated rings. The highest BCUT2D eigenvalue weighted by atomic mass is 32.1. The highest BCUT2D eigenvalue weighted by Crippen LogP contribution is 2.17. The third-order valence-electron chi connectivity index (χ3n) is 3.17. The van der Waals surface area contributed by atoms with E-state index >= 15 is 0 Å². The monoisotopic (exact) mass is 299 g/mol. The van der Waals surface area contributed by atoms with E-state index in [1.807, 2.05) is 48.9 Å². The van der Waals surface area contributed by atoms with Gasteiger partial charge in [-0.1, -0.05) is 24.0 Å². The van der Waals surface area contributed by atoms with Crippen molar-refractivity contribution in [3.05, 3.63) is 57.3 Å². The maximum atomic E-state index is 12.2. The highest BCUT2D eigenvalue weighted by molar-refractivity contribution is 7.08. The van der Waals surface area contributed by atoms with Crippen molar-refractivity contribution < 1.29 is 9.90 Å². The summed E-state index contributed by atoms with van der Waals surface area (Å²) in [4.78, 5) is 12.2. The zero-order chi connectivity index (χ0) is 15.2. The van der Waals surface area contributed by atoms with Crippen LogP contribution < -0.4 is 5.32 Å². The van der Waals surface area contributed by atoms with E-state index in [2.05, 4.69) is 17.2 Å². The molecule has 0 radical (unpaired) electrons. The Kier molecular flexibility index (Phi) is 5.15. The molecule has 0 bridgehead atoms. The Morgan fingerprint density at radius 2 is 2.05 bits per heavy atom. The third-order valence-corrected chi connectivity index (χ3v) is 4.03. The van der Waals surface area contributed by atoms with E-state index in [1.165, 1.54) is 11.3 Å². The fraction of sp³-hybridized carbons (Fsp3) is 0.235. The summed E-state index contributed by atoms with van der Waals surface area (Å²) in [5.74, 6) is 5.40. The van der Waals surface area contributed by atoms with Gasteiger partial charge in [0.15, 0.2) is 0 Å². The van der Waals surface area contributed by atoms with Crippen molar-refractivity contribution in [3.8, 4) is 11.8 Å². The molecule has 3 nitrogen and oxygen atoms in total. The van der Waals surface area contributed by atoms with Crippen LogP contribution in [0.2, 0.25) is 0 Å². The lowest BCUT2D eigenvalue weighted by Gasteiger charge is -2.14. The molecule has 21 heavy (non-hydrogen) atoms. The lowest BCUT2D eigenvalue weighted by Crippen LogP contribution is -2.26. The van der Waals surface area contributed by atoms with Crippen LogP contribution in [0.5, 0.6) is 0 Å². The molecule has 1 atom stereocenters. The topological polar surface area (TPSA) is 49.3 Å². The second-order valence-corrected chi connectivity index (χ2v) is 5.49. The van der Waals surface area contributed by atoms with Gasteiger partial charge < -0.3 is 10.4 Å². The summed E-state index contributed by atoms with van der Waals surface area (Å²) in [7, 11) is 0. The Morgan fingerprint density at radius 1 is 1.33 bits per heavy atom. The Labute approximate surface area is 128 Å². The minimum absolute atomic E-state index is 0.0506. The van der Waals surface area contributed by atoms with Gasteiger partial charge in [0.25, 0.3) is 5.91 Å². The minimum Gasteiger partial charge on any atom is -0.384 e. The lowest BCUT2D eigenvalue weighted by atomic mass is 10.1. The number of aryl methyl sites for hydroxylation is 1. The van der Waals surface area contributed by atoms with E-state index in [-0.39, 0.29) is 18.6 Å². The van der Waals surface area contributed by atoms with Crippen LogP contribution in [-0.4, -0.2) is 17.6 Å². The molecule has 1 aromatic carbocycles. The summed E-state index contributed by atoms with van der Waals surface area (Å²) in [6, 6.07) is 7.57. The van der Waals surface area contributed by atoms with E-state index in [4.69, 9.17) is 5.11 Å². The molecule has 1 unspecified atom stereocenters. The quantitative estimate of drug-likeness (QED) is 0.856. The molecule has 0 spiro atoms. The first-order chi connectivity index (χ1) is 10.1. The van der Waals surface area contributed by atoms with Gasteiger partial charge in [-0.2, -0.15) is 11.3 Å². The van der Waals surface area contributed by atoms with Crippen LogP contribution >= 0.6 is 11.3 Å². The Bertz CT molecular complexity index is 677. The SMILES string of the molecule is Cc1cscc1C(=O)NC(C)c1ccc(C#CCO)cc1. The van der Waals surface area contributed by atoms with Gasteiger partial charge >= 0.3 is 0 Å². The fourth-order valence-corrected chi connectivity index (χ4v) is 2.78. The summed E-state index contributed by atoms with van der Waals surface area (Å²) >= 11 is 1.53. The van der Waals surface area contributed by atoms with E-state index in [0.717, 1.165) is 22.3 Å². The number of thiophene rings is 1. The van der Waals surface area contributed by atoms with Crippen molar-refractivity contribution in [2.24, 2.45) is 0 Å². The van der Waals surface area contributed by atoms with Gasteiger partial charge in [0.1, 0.15) is 6.61 Å². The minimum atomic E-state index is -0.145. The molecule has 0 aliphatic rings. The number of hydrogen-bond donors (Lipinski definition) is 2. The van der Waals surface area contributed by atoms with Gasteiger partial charge in [0.2, 0.25) is 0 Å². The van der Waals surface area contributed by atoms with Gasteiger partial charge in [-0.3, -0.25) is 4.79 Å². The van der Waals surface area contributed by atoms with Crippen LogP contribution in [0.25, 0.3) is 0 Å². The summed E-state index contributed by atoms with van der Waals surface area (Å²) in [5, 5.41) is 15.5. The number of aliphatic hydroxyl groups is 1. The predicted molar refractivity (Wildman–Crippen MR) is 85.3 cm³/mol. The Hall–Kier alpha value is -2.09. The van der Waals surface area contributed by atoms with Crippen LogP contribution in [-0.2, 0) is 0 Å². The van der Waals surface area contributed by atoms with Gasteiger partial charge in [-0.15, -0.1) is 0 Å². The lowest BCUT2D eigenvalue weighted by molar-refractivity contribution is 0.0940. The highest BCUT2D eigenvalue weighted by Gasteiger charge is 2.13. The van der Waals surface area contributed by atoms with Crippen molar-refractivity contribution in [3.63, 3.8) is 0 Å². The van der Waals surface area contributed by atoms with Crippen molar-refractivity contribution in [2.75, 3.05) is 6.61 Å². The largest absolute Gasteiger partial charge is 0.384 e. The van der Waals surface area contributed by atoms with Crippen LogP contribution in [0.15, 0.2) is 35.0 Å². The predicted octanol–water partition coefficient (Wildman–Crippen LogP) is 2.89. The molecule has 108 valence electrons. The number of aliphatic hydroxyl groups excluding tert-OH is 1. The van der Waals surface area contributed by atoms with Crippen LogP contribution in [0.3, 0.4) is 0 Å². The molecule has 2 aromatic rings. The number of rotatable bonds is 3. The molecule has 4 heteroatoms. The maximum absolute atomic E-state index is 12.2. The molecule has 1 aromatic heterocycles. The first-order valence-electron chi connectivity index (χ1n) is 6.65. The molecule has 0 saturated heterocycles. The molecule has 1 heterocycles. The van der Waals surface area contributed by atoms with Crippen LogP contribution in [0.4, 0.5) is 0 Å². The second kappa shape index (κ2) is 7.07. The molecule has 0 aliphatic heterocycles. The van der Waals surface area contributed by atoms with Crippen LogP contribution in [0, 0.1) is 18.8 Å². The zero-order valence-corrected chi connectivity index (χ0v) is 12.8. The summed E-state index contributed by atoms with van der Waals surface area (Å²) in [6.07, 6.45) is 0. The van der Waals surface area contributed by atoms with Crippen molar-refractivity contribution in [1.29, 1.82) is 0 Å². The maximum Gasteiger partial charge on any atom is 0.252 e. The van der Waals surface area contributed by atoms with E-state index in [9.17, 15) is 4.79 Å². The number of carbonyl (C=O) groups is 1. The van der Waals surface area contributed by atoms with E-state index < -0.39 is 0 Å². The van der Waals surface area contributed by atoms with Crippen molar-refractivity contribution in [1.82, 2.24) is 5.32 Å². The number of nitrogens with one attached hydrogen (secondary N) is 1. The van der Waals surface area contributed by atoms with Gasteiger partial charge in [0, 0.05) is 10.9 Å². The molecule has 0 saturated carbocycles. The molecule has 2 rings (SSSR count). The fourth-order valence-electron chi connectivity index (χ4n) is 1.95. The van der Waals surface area contributed by atoms with E-state index in [0.29, 0.717) is 0 Å². The van der Waals surface area contributed by atoms with Crippen LogP contribution in [0.1, 0.15) is 40.0 Å². The number of amides is 1. The van der Waals surface area contributed by atoms with Crippen molar-refractivity contribution >= 4 is 17.2 Å². The summed E-state index contributed by atoms with van der Waals surface area (Å²) in [6.45, 7) is 3.74. The van der Waals surface area contributed by atoms with Crippen molar-refractivity contribution in [2.45, 2.75) is 19.9 Å². The molecule has 0 aliphatic carbocycles. The van der Waals surface area contributed by atoms with Gasteiger partial charge in [-0.05, 0) is 42.5 Å². The second-order valence-electron chi connectivity index (χ2n) is 4.75.